The normalized spacial score (nSPS) is 10.7. The van der Waals surface area contributed by atoms with Crippen LogP contribution in [0.2, 0.25) is 0 Å². The Morgan fingerprint density at radius 1 is 1.38 bits per heavy atom. The van der Waals surface area contributed by atoms with Gasteiger partial charge >= 0.3 is 5.69 Å². The maximum absolute atomic E-state index is 12.9. The fourth-order valence-electron chi connectivity index (χ4n) is 2.50. The number of nitrogens with one attached hydrogen (secondary N) is 1. The molecule has 2 rings (SSSR count). The molecule has 0 aliphatic heterocycles. The lowest BCUT2D eigenvalue weighted by Gasteiger charge is -2.24. The van der Waals surface area contributed by atoms with Crippen LogP contribution in [-0.2, 0) is 11.3 Å². The molecule has 0 saturated carbocycles. The Kier molecular flexibility index (Phi) is 6.67. The molecule has 1 amide bonds. The van der Waals surface area contributed by atoms with Gasteiger partial charge in [-0.15, -0.1) is 0 Å². The maximum atomic E-state index is 12.9. The van der Waals surface area contributed by atoms with Crippen molar-refractivity contribution < 1.29 is 9.53 Å². The second kappa shape index (κ2) is 8.95. The van der Waals surface area contributed by atoms with Gasteiger partial charge in [-0.25, -0.2) is 4.79 Å². The number of nitrogens with zero attached hydrogens (tertiary/aromatic N) is 3. The molecule has 2 aromatic heterocycles. The van der Waals surface area contributed by atoms with Gasteiger partial charge in [0.2, 0.25) is 0 Å². The highest BCUT2D eigenvalue weighted by atomic mass is 16.5. The molecule has 0 radical (unpaired) electrons. The van der Waals surface area contributed by atoms with Crippen LogP contribution in [0, 0.1) is 0 Å². The first-order valence-corrected chi connectivity index (χ1v) is 8.35. The summed E-state index contributed by atoms with van der Waals surface area (Å²) in [4.78, 5) is 44.8. The molecule has 0 fully saturated rings. The van der Waals surface area contributed by atoms with Gasteiger partial charge in [-0.3, -0.25) is 29.0 Å². The monoisotopic (exact) mass is 361 g/mol. The molecular formula is C17H23N5O4. The number of aromatic nitrogens is 3. The van der Waals surface area contributed by atoms with Crippen molar-refractivity contribution in [3.63, 3.8) is 0 Å². The van der Waals surface area contributed by atoms with E-state index in [9.17, 15) is 14.4 Å². The van der Waals surface area contributed by atoms with Gasteiger partial charge in [-0.05, 0) is 18.6 Å². The smallest absolute Gasteiger partial charge is 0.330 e. The number of H-pyrrole nitrogens is 1. The first kappa shape index (κ1) is 19.4. The number of unbranched alkanes of at least 4 members (excludes halogenated alkanes) is 1. The van der Waals surface area contributed by atoms with Crippen molar-refractivity contribution in [1.29, 1.82) is 0 Å². The van der Waals surface area contributed by atoms with Gasteiger partial charge in [0.1, 0.15) is 11.5 Å². The van der Waals surface area contributed by atoms with E-state index in [1.165, 1.54) is 22.8 Å². The number of anilines is 2. The van der Waals surface area contributed by atoms with Gasteiger partial charge in [0, 0.05) is 26.4 Å². The van der Waals surface area contributed by atoms with E-state index in [0.29, 0.717) is 13.0 Å². The number of hydrogen-bond acceptors (Lipinski definition) is 6. The summed E-state index contributed by atoms with van der Waals surface area (Å²) in [5, 5.41) is 0. The maximum Gasteiger partial charge on any atom is 0.330 e. The van der Waals surface area contributed by atoms with E-state index >= 15 is 0 Å². The predicted molar refractivity (Wildman–Crippen MR) is 98.4 cm³/mol. The first-order valence-electron chi connectivity index (χ1n) is 8.35. The number of amides is 1. The Morgan fingerprint density at radius 3 is 2.77 bits per heavy atom. The van der Waals surface area contributed by atoms with Crippen molar-refractivity contribution in [2.45, 2.75) is 26.3 Å². The zero-order chi connectivity index (χ0) is 19.1. The number of methoxy groups -OCH3 is 1. The molecule has 9 nitrogen and oxygen atoms in total. The topological polar surface area (TPSA) is 123 Å². The molecule has 0 aliphatic carbocycles. The molecule has 140 valence electrons. The summed E-state index contributed by atoms with van der Waals surface area (Å²) in [6.45, 7) is 2.60. The van der Waals surface area contributed by atoms with Crippen molar-refractivity contribution in [3.8, 4) is 0 Å². The van der Waals surface area contributed by atoms with Gasteiger partial charge in [0.15, 0.2) is 5.69 Å². The Labute approximate surface area is 150 Å². The third-order valence-electron chi connectivity index (χ3n) is 3.87. The Hall–Kier alpha value is -2.94. The Bertz CT molecular complexity index is 860. The lowest BCUT2D eigenvalue weighted by molar-refractivity contribution is 0.0970. The van der Waals surface area contributed by atoms with Crippen molar-refractivity contribution >= 4 is 17.4 Å². The van der Waals surface area contributed by atoms with E-state index in [1.54, 1.807) is 18.2 Å². The van der Waals surface area contributed by atoms with Gasteiger partial charge in [-0.1, -0.05) is 19.4 Å². The molecule has 0 bridgehead atoms. The second-order valence-electron chi connectivity index (χ2n) is 5.66. The summed E-state index contributed by atoms with van der Waals surface area (Å²) >= 11 is 0. The van der Waals surface area contributed by atoms with E-state index in [-0.39, 0.29) is 30.4 Å². The number of carbonyl (C=O) groups is 1. The average molecular weight is 361 g/mol. The third-order valence-corrected chi connectivity index (χ3v) is 3.87. The highest BCUT2D eigenvalue weighted by molar-refractivity contribution is 6.05. The Morgan fingerprint density at radius 2 is 2.15 bits per heavy atom. The van der Waals surface area contributed by atoms with Crippen LogP contribution >= 0.6 is 0 Å². The molecule has 0 spiro atoms. The highest BCUT2D eigenvalue weighted by Gasteiger charge is 2.25. The standard InChI is InChI=1S/C17H23N5O4/c1-3-4-9-22-14(18)13(15(23)20-17(22)25)21(10-11-26-2)16(24)12-7-5-6-8-19-12/h5-8H,3-4,9-11,18H2,1-2H3,(H,20,23,25). The molecule has 0 aromatic carbocycles. The fraction of sp³-hybridized carbons (Fsp3) is 0.412. The van der Waals surface area contributed by atoms with Crippen LogP contribution in [0.4, 0.5) is 11.5 Å². The predicted octanol–water partition coefficient (Wildman–Crippen LogP) is 0.607. The molecule has 2 aromatic rings. The lowest BCUT2D eigenvalue weighted by Crippen LogP contribution is -2.42. The summed E-state index contributed by atoms with van der Waals surface area (Å²) in [5.74, 6) is -0.548. The highest BCUT2D eigenvalue weighted by Crippen LogP contribution is 2.19. The largest absolute Gasteiger partial charge is 0.383 e. The van der Waals surface area contributed by atoms with Gasteiger partial charge in [0.05, 0.1) is 6.61 Å². The molecule has 0 atom stereocenters. The van der Waals surface area contributed by atoms with E-state index in [0.717, 1.165) is 6.42 Å². The van der Waals surface area contributed by atoms with Crippen LogP contribution in [0.25, 0.3) is 0 Å². The van der Waals surface area contributed by atoms with Crippen LogP contribution in [0.15, 0.2) is 34.0 Å². The number of aromatic amines is 1. The van der Waals surface area contributed by atoms with E-state index in [2.05, 4.69) is 9.97 Å². The molecule has 9 heteroatoms. The van der Waals surface area contributed by atoms with Crippen LogP contribution in [-0.4, -0.2) is 40.7 Å². The lowest BCUT2D eigenvalue weighted by atomic mass is 10.2. The van der Waals surface area contributed by atoms with Gasteiger partial charge in [0.25, 0.3) is 11.5 Å². The van der Waals surface area contributed by atoms with Crippen molar-refractivity contribution in [3.05, 3.63) is 50.9 Å². The number of pyridine rings is 1. The van der Waals surface area contributed by atoms with Crippen LogP contribution in [0.3, 0.4) is 0 Å². The number of rotatable bonds is 8. The molecule has 3 N–H and O–H groups in total. The van der Waals surface area contributed by atoms with E-state index in [4.69, 9.17) is 10.5 Å². The van der Waals surface area contributed by atoms with Crippen LogP contribution in [0.1, 0.15) is 30.3 Å². The average Bonchev–Trinajstić information content (AvgIpc) is 2.64. The minimum Gasteiger partial charge on any atom is -0.383 e. The summed E-state index contributed by atoms with van der Waals surface area (Å²) in [6, 6.07) is 4.90. The molecule has 0 unspecified atom stereocenters. The SMILES string of the molecule is CCCCn1c(N)c(N(CCOC)C(=O)c2ccccn2)c(=O)[nH]c1=O. The summed E-state index contributed by atoms with van der Waals surface area (Å²) in [6.07, 6.45) is 3.04. The summed E-state index contributed by atoms with van der Waals surface area (Å²) < 4.78 is 6.31. The van der Waals surface area contributed by atoms with E-state index < -0.39 is 17.2 Å². The fourth-order valence-corrected chi connectivity index (χ4v) is 2.50. The van der Waals surface area contributed by atoms with Crippen LogP contribution < -0.4 is 21.9 Å². The third kappa shape index (κ3) is 4.17. The number of hydrogen-bond donors (Lipinski definition) is 2. The van der Waals surface area contributed by atoms with Crippen LogP contribution in [0.5, 0.6) is 0 Å². The number of nitrogen functional groups attached to an aromatic ring is 1. The Balaban J connectivity index is 2.56. The number of nitrogens with two attached hydrogens (primary N) is 1. The summed E-state index contributed by atoms with van der Waals surface area (Å²) in [5.41, 5.74) is 4.87. The van der Waals surface area contributed by atoms with Crippen molar-refractivity contribution in [2.24, 2.45) is 0 Å². The summed E-state index contributed by atoms with van der Waals surface area (Å²) in [7, 11) is 1.49. The molecule has 26 heavy (non-hydrogen) atoms. The van der Waals surface area contributed by atoms with Gasteiger partial charge in [-0.2, -0.15) is 0 Å². The minimum absolute atomic E-state index is 0.0485. The molecule has 0 saturated heterocycles. The van der Waals surface area contributed by atoms with Crippen molar-refractivity contribution in [2.75, 3.05) is 30.9 Å². The minimum atomic E-state index is -0.722. The zero-order valence-electron chi connectivity index (χ0n) is 14.9. The first-order chi connectivity index (χ1) is 12.5. The molecular weight excluding hydrogens is 338 g/mol. The number of carbonyl (C=O) groups excluding carboxylic acids is 1. The van der Waals surface area contributed by atoms with Gasteiger partial charge < -0.3 is 10.5 Å². The molecule has 0 aliphatic rings. The van der Waals surface area contributed by atoms with E-state index in [1.807, 2.05) is 6.92 Å². The number of ether oxygens (including phenoxy) is 1. The van der Waals surface area contributed by atoms with Crippen molar-refractivity contribution in [1.82, 2.24) is 14.5 Å². The zero-order valence-corrected chi connectivity index (χ0v) is 14.9. The quantitative estimate of drug-likeness (QED) is 0.710. The molecule has 2 heterocycles. The second-order valence-corrected chi connectivity index (χ2v) is 5.66.